The number of phosphoric ester groups is 2. The number of carbonyl (C=O) groups is 3. The number of aliphatic hydroxyl groups excluding tert-OH is 1. The third kappa shape index (κ3) is 35.7. The Morgan fingerprint density at radius 1 is 0.660 bits per heavy atom. The van der Waals surface area contributed by atoms with E-state index in [1.54, 1.807) is 12.2 Å². The monoisotopic (exact) mass is 798 g/mol. The molecule has 14 nitrogen and oxygen atoms in total. The first-order chi connectivity index (χ1) is 25.2. The molecule has 53 heavy (non-hydrogen) atoms. The molecular weight excluding hydrogens is 730 g/mol. The summed E-state index contributed by atoms with van der Waals surface area (Å²) in [4.78, 5) is 64.4. The molecule has 0 saturated heterocycles. The minimum Gasteiger partial charge on any atom is -0.462 e. The third-order valence-electron chi connectivity index (χ3n) is 8.35. The second kappa shape index (κ2) is 32.5. The minimum atomic E-state index is -4.87. The molecule has 16 heteroatoms. The molecule has 0 heterocycles. The summed E-state index contributed by atoms with van der Waals surface area (Å²) in [5.41, 5.74) is 0. The maximum atomic E-state index is 12.6. The second-order valence-electron chi connectivity index (χ2n) is 13.5. The van der Waals surface area contributed by atoms with Crippen molar-refractivity contribution in [2.45, 2.75) is 161 Å². The van der Waals surface area contributed by atoms with Gasteiger partial charge in [0.1, 0.15) is 12.7 Å². The standard InChI is InChI=1S/C37H68O14P2/c1-4-6-7-8-9-14-19-24-33(38)25-20-15-12-17-21-26-36(40)47-30-35(31-50-53(45,46)49-29-34(39)28-48-52(42,43)44)51-37(41)27-22-16-11-10-13-18-23-32(3)5-2/h9,14,19,24,32,34-35,39H,4-8,10-13,15-18,20-23,25-31H2,1-3H3,(H,45,46)(H2,42,43,44)/b14-9-,24-19+/t32?,34-,35+/m0/s1. The van der Waals surface area contributed by atoms with E-state index in [2.05, 4.69) is 35.9 Å². The lowest BCUT2D eigenvalue weighted by molar-refractivity contribution is -0.161. The number of carbonyl (C=O) groups excluding carboxylic acids is 3. The number of phosphoric acid groups is 2. The molecular formula is C37H68O14P2. The van der Waals surface area contributed by atoms with Gasteiger partial charge in [0.25, 0.3) is 0 Å². The molecule has 0 fully saturated rings. The molecule has 0 radical (unpaired) electrons. The van der Waals surface area contributed by atoms with Crippen LogP contribution in [0, 0.1) is 5.92 Å². The van der Waals surface area contributed by atoms with Gasteiger partial charge in [-0.3, -0.25) is 28.0 Å². The lowest BCUT2D eigenvalue weighted by Gasteiger charge is -2.20. The van der Waals surface area contributed by atoms with E-state index in [4.69, 9.17) is 23.8 Å². The normalized spacial score (nSPS) is 15.0. The maximum Gasteiger partial charge on any atom is 0.472 e. The predicted molar refractivity (Wildman–Crippen MR) is 203 cm³/mol. The van der Waals surface area contributed by atoms with Crippen LogP contribution in [0.4, 0.5) is 0 Å². The van der Waals surface area contributed by atoms with Crippen LogP contribution in [0.3, 0.4) is 0 Å². The molecule has 0 aromatic heterocycles. The second-order valence-corrected chi connectivity index (χ2v) is 16.2. The number of esters is 2. The Hall–Kier alpha value is -1.73. The van der Waals surface area contributed by atoms with E-state index in [-0.39, 0.29) is 18.6 Å². The summed E-state index contributed by atoms with van der Waals surface area (Å²) in [5, 5.41) is 9.70. The van der Waals surface area contributed by atoms with Gasteiger partial charge in [0.05, 0.1) is 19.8 Å². The maximum absolute atomic E-state index is 12.6. The fourth-order valence-electron chi connectivity index (χ4n) is 4.95. The lowest BCUT2D eigenvalue weighted by Crippen LogP contribution is -2.30. The van der Waals surface area contributed by atoms with Crippen molar-refractivity contribution in [2.24, 2.45) is 5.92 Å². The molecule has 4 atom stereocenters. The van der Waals surface area contributed by atoms with Gasteiger partial charge in [-0.2, -0.15) is 0 Å². The third-order valence-corrected chi connectivity index (χ3v) is 9.79. The summed E-state index contributed by atoms with van der Waals surface area (Å²) < 4.78 is 47.5. The summed E-state index contributed by atoms with van der Waals surface area (Å²) in [7, 11) is -9.69. The van der Waals surface area contributed by atoms with Crippen LogP contribution in [0.5, 0.6) is 0 Å². The van der Waals surface area contributed by atoms with Gasteiger partial charge in [-0.1, -0.05) is 116 Å². The number of hydrogen-bond acceptors (Lipinski definition) is 11. The van der Waals surface area contributed by atoms with Crippen LogP contribution in [0.1, 0.15) is 149 Å². The number of allylic oxidation sites excluding steroid dienone is 4. The van der Waals surface area contributed by atoms with E-state index < -0.39 is 66.2 Å². The van der Waals surface area contributed by atoms with Gasteiger partial charge >= 0.3 is 27.6 Å². The predicted octanol–water partition coefficient (Wildman–Crippen LogP) is 8.20. The van der Waals surface area contributed by atoms with Crippen LogP contribution in [0.25, 0.3) is 0 Å². The molecule has 0 bridgehead atoms. The van der Waals surface area contributed by atoms with Gasteiger partial charge in [0.2, 0.25) is 0 Å². The number of ether oxygens (including phenoxy) is 2. The van der Waals surface area contributed by atoms with Gasteiger partial charge in [-0.15, -0.1) is 0 Å². The Morgan fingerprint density at radius 3 is 1.85 bits per heavy atom. The first-order valence-corrected chi connectivity index (χ1v) is 22.4. The van der Waals surface area contributed by atoms with Crippen molar-refractivity contribution in [3.63, 3.8) is 0 Å². The van der Waals surface area contributed by atoms with Crippen molar-refractivity contribution < 1.29 is 66.3 Å². The van der Waals surface area contributed by atoms with Gasteiger partial charge in [0.15, 0.2) is 11.9 Å². The molecule has 0 aliphatic carbocycles. The van der Waals surface area contributed by atoms with E-state index in [0.717, 1.165) is 70.1 Å². The molecule has 0 saturated carbocycles. The van der Waals surface area contributed by atoms with E-state index in [1.165, 1.54) is 32.1 Å². The van der Waals surface area contributed by atoms with Gasteiger partial charge < -0.3 is 29.3 Å². The van der Waals surface area contributed by atoms with Crippen LogP contribution < -0.4 is 0 Å². The van der Waals surface area contributed by atoms with E-state index >= 15 is 0 Å². The zero-order valence-corrected chi connectivity index (χ0v) is 34.1. The zero-order chi connectivity index (χ0) is 39.8. The number of rotatable bonds is 36. The Balaban J connectivity index is 4.65. The molecule has 0 aliphatic rings. The van der Waals surface area contributed by atoms with Gasteiger partial charge in [-0.05, 0) is 44.1 Å². The quantitative estimate of drug-likeness (QED) is 0.0155. The van der Waals surface area contributed by atoms with Crippen molar-refractivity contribution in [1.29, 1.82) is 0 Å². The summed E-state index contributed by atoms with van der Waals surface area (Å²) in [6.07, 6.45) is 21.8. The number of hydrogen-bond donors (Lipinski definition) is 4. The van der Waals surface area contributed by atoms with Crippen LogP contribution in [0.2, 0.25) is 0 Å². The average Bonchev–Trinajstić information content (AvgIpc) is 3.10. The fourth-order valence-corrected chi connectivity index (χ4v) is 6.11. The highest BCUT2D eigenvalue weighted by Gasteiger charge is 2.28. The van der Waals surface area contributed by atoms with E-state index in [0.29, 0.717) is 19.3 Å². The largest absolute Gasteiger partial charge is 0.472 e. The first-order valence-electron chi connectivity index (χ1n) is 19.4. The average molecular weight is 799 g/mol. The molecule has 2 unspecified atom stereocenters. The summed E-state index contributed by atoms with van der Waals surface area (Å²) in [6, 6.07) is 0. The van der Waals surface area contributed by atoms with E-state index in [1.807, 2.05) is 6.08 Å². The van der Waals surface area contributed by atoms with Crippen molar-refractivity contribution in [1.82, 2.24) is 0 Å². The van der Waals surface area contributed by atoms with Crippen molar-refractivity contribution in [2.75, 3.05) is 26.4 Å². The Labute approximate surface area is 317 Å². The van der Waals surface area contributed by atoms with Crippen molar-refractivity contribution >= 4 is 33.4 Å². The summed E-state index contributed by atoms with van der Waals surface area (Å²) in [5.74, 6) is -0.311. The van der Waals surface area contributed by atoms with Crippen LogP contribution in [-0.4, -0.2) is 76.1 Å². The summed E-state index contributed by atoms with van der Waals surface area (Å²) in [6.45, 7) is 3.79. The number of unbranched alkanes of at least 4 members (excludes halogenated alkanes) is 12. The molecule has 0 aromatic rings. The Bertz CT molecular complexity index is 1120. The minimum absolute atomic E-state index is 0.0865. The van der Waals surface area contributed by atoms with Crippen molar-refractivity contribution in [3.8, 4) is 0 Å². The lowest BCUT2D eigenvalue weighted by atomic mass is 10.00. The molecule has 0 aliphatic heterocycles. The molecule has 0 rings (SSSR count). The van der Waals surface area contributed by atoms with E-state index in [9.17, 15) is 33.5 Å². The smallest absolute Gasteiger partial charge is 0.462 e. The van der Waals surface area contributed by atoms with Crippen LogP contribution in [-0.2, 0) is 46.6 Å². The first kappa shape index (κ1) is 51.3. The zero-order valence-electron chi connectivity index (χ0n) is 32.3. The molecule has 4 N–H and O–H groups in total. The highest BCUT2D eigenvalue weighted by molar-refractivity contribution is 7.47. The molecule has 0 amide bonds. The van der Waals surface area contributed by atoms with Crippen LogP contribution in [0.15, 0.2) is 24.3 Å². The highest BCUT2D eigenvalue weighted by atomic mass is 31.2. The SMILES string of the molecule is CCCCC/C=C\C=C\C(=O)CCCCCCCC(=O)OC[C@H](COP(=O)(O)OC[C@@H](O)COP(=O)(O)O)OC(=O)CCCCCCCCC(C)CC. The fraction of sp³-hybridized carbons (Fsp3) is 0.811. The van der Waals surface area contributed by atoms with Crippen LogP contribution >= 0.6 is 15.6 Å². The summed E-state index contributed by atoms with van der Waals surface area (Å²) >= 11 is 0. The number of ketones is 1. The highest BCUT2D eigenvalue weighted by Crippen LogP contribution is 2.43. The molecule has 0 spiro atoms. The van der Waals surface area contributed by atoms with Crippen molar-refractivity contribution in [3.05, 3.63) is 24.3 Å². The number of aliphatic hydroxyl groups is 1. The molecule has 310 valence electrons. The topological polar surface area (TPSA) is 212 Å². The Kier molecular flexibility index (Phi) is 31.4. The van der Waals surface area contributed by atoms with Gasteiger partial charge in [-0.25, -0.2) is 9.13 Å². The van der Waals surface area contributed by atoms with Gasteiger partial charge in [0, 0.05) is 19.3 Å². The molecule has 0 aromatic carbocycles. The Morgan fingerprint density at radius 2 is 1.23 bits per heavy atom.